The molecule has 0 unspecified atom stereocenters. The van der Waals surface area contributed by atoms with Gasteiger partial charge in [-0.15, -0.1) is 0 Å². The van der Waals surface area contributed by atoms with Crippen molar-refractivity contribution in [1.29, 1.82) is 0 Å². The molecular weight excluding hydrogens is 232 g/mol. The largest absolute Gasteiger partial charge is 0.396 e. The highest BCUT2D eigenvalue weighted by Crippen LogP contribution is 2.07. The van der Waals surface area contributed by atoms with Gasteiger partial charge in [-0.3, -0.25) is 9.36 Å². The number of aliphatic hydroxyl groups is 1. The molecule has 0 amide bonds. The molecule has 0 spiro atoms. The Kier molecular flexibility index (Phi) is 3.62. The zero-order chi connectivity index (χ0) is 13.1. The van der Waals surface area contributed by atoms with Gasteiger partial charge in [0.2, 0.25) is 0 Å². The number of aliphatic hydroxyl groups excluding tert-OH is 1. The van der Waals surface area contributed by atoms with Crippen molar-refractivity contribution in [3.05, 3.63) is 44.6 Å². The Bertz CT molecular complexity index is 670. The number of hydrogen-bond acceptors (Lipinski definition) is 3. The average Bonchev–Trinajstić information content (AvgIpc) is 2.35. The molecule has 1 heterocycles. The molecule has 0 saturated heterocycles. The van der Waals surface area contributed by atoms with Gasteiger partial charge in [0, 0.05) is 13.2 Å². The molecule has 0 atom stereocenters. The summed E-state index contributed by atoms with van der Waals surface area (Å²) < 4.78 is 1.19. The van der Waals surface area contributed by atoms with Crippen LogP contribution in [0.4, 0.5) is 0 Å². The lowest BCUT2D eigenvalue weighted by Gasteiger charge is -2.06. The van der Waals surface area contributed by atoms with E-state index in [0.29, 0.717) is 30.3 Å². The minimum Gasteiger partial charge on any atom is -0.396 e. The van der Waals surface area contributed by atoms with Crippen LogP contribution in [0, 0.1) is 6.92 Å². The summed E-state index contributed by atoms with van der Waals surface area (Å²) in [7, 11) is 0. The van der Waals surface area contributed by atoms with Crippen molar-refractivity contribution < 1.29 is 5.11 Å². The van der Waals surface area contributed by atoms with Gasteiger partial charge in [-0.1, -0.05) is 11.6 Å². The van der Waals surface area contributed by atoms with Crippen molar-refractivity contribution in [1.82, 2.24) is 9.55 Å². The number of nitrogens with zero attached hydrogens (tertiary/aromatic N) is 1. The van der Waals surface area contributed by atoms with Crippen LogP contribution >= 0.6 is 0 Å². The normalized spacial score (nSPS) is 11.0. The minimum atomic E-state index is -0.394. The molecule has 0 bridgehead atoms. The van der Waals surface area contributed by atoms with E-state index >= 15 is 0 Å². The number of unbranched alkanes of at least 4 members (excludes halogenated alkanes) is 1. The van der Waals surface area contributed by atoms with E-state index in [4.69, 9.17) is 5.11 Å². The zero-order valence-electron chi connectivity index (χ0n) is 10.3. The molecule has 5 heteroatoms. The van der Waals surface area contributed by atoms with Gasteiger partial charge in [0.1, 0.15) is 0 Å². The number of aromatic nitrogens is 2. The summed E-state index contributed by atoms with van der Waals surface area (Å²) in [5.41, 5.74) is 0.882. The van der Waals surface area contributed by atoms with Crippen LogP contribution in [0.1, 0.15) is 18.4 Å². The first kappa shape index (κ1) is 12.6. The molecule has 0 aliphatic heterocycles. The van der Waals surface area contributed by atoms with Gasteiger partial charge in [0.25, 0.3) is 5.56 Å². The number of fused-ring (bicyclic) bond motifs is 1. The van der Waals surface area contributed by atoms with Gasteiger partial charge in [-0.2, -0.15) is 0 Å². The Morgan fingerprint density at radius 1 is 1.28 bits per heavy atom. The van der Waals surface area contributed by atoms with Crippen LogP contribution in [0.15, 0.2) is 27.8 Å². The smallest absolute Gasteiger partial charge is 0.328 e. The van der Waals surface area contributed by atoms with Gasteiger partial charge < -0.3 is 10.1 Å². The second-order valence-electron chi connectivity index (χ2n) is 4.37. The fourth-order valence-corrected chi connectivity index (χ4v) is 1.95. The Balaban J connectivity index is 2.53. The highest BCUT2D eigenvalue weighted by molar-refractivity contribution is 5.77. The van der Waals surface area contributed by atoms with Crippen molar-refractivity contribution in [2.45, 2.75) is 26.3 Å². The maximum Gasteiger partial charge on any atom is 0.328 e. The molecule has 2 N–H and O–H groups in total. The number of benzene rings is 1. The molecule has 0 saturated carbocycles. The molecule has 0 radical (unpaired) electrons. The Hall–Kier alpha value is -1.88. The van der Waals surface area contributed by atoms with E-state index in [0.717, 1.165) is 5.56 Å². The lowest BCUT2D eigenvalue weighted by molar-refractivity contribution is 0.280. The van der Waals surface area contributed by atoms with E-state index in [-0.39, 0.29) is 12.2 Å². The third-order valence-corrected chi connectivity index (χ3v) is 2.93. The molecule has 1 aromatic heterocycles. The number of H-pyrrole nitrogens is 1. The molecule has 1 aromatic carbocycles. The van der Waals surface area contributed by atoms with E-state index in [2.05, 4.69) is 4.98 Å². The summed E-state index contributed by atoms with van der Waals surface area (Å²) in [4.78, 5) is 26.7. The summed E-state index contributed by atoms with van der Waals surface area (Å²) in [6, 6.07) is 5.37. The number of aromatic amines is 1. The molecule has 18 heavy (non-hydrogen) atoms. The predicted octanol–water partition coefficient (Wildman–Crippen LogP) is 0.771. The maximum absolute atomic E-state index is 12.2. The zero-order valence-corrected chi connectivity index (χ0v) is 10.3. The molecule has 0 aliphatic carbocycles. The fourth-order valence-electron chi connectivity index (χ4n) is 1.95. The third kappa shape index (κ3) is 2.36. The van der Waals surface area contributed by atoms with Crippen molar-refractivity contribution >= 4 is 10.9 Å². The number of nitrogens with one attached hydrogen (secondary N) is 1. The van der Waals surface area contributed by atoms with E-state index in [9.17, 15) is 9.59 Å². The van der Waals surface area contributed by atoms with Gasteiger partial charge in [-0.25, -0.2) is 4.79 Å². The topological polar surface area (TPSA) is 75.1 Å². The van der Waals surface area contributed by atoms with Gasteiger partial charge in [0.15, 0.2) is 0 Å². The highest BCUT2D eigenvalue weighted by Gasteiger charge is 2.07. The first-order valence-electron chi connectivity index (χ1n) is 5.98. The van der Waals surface area contributed by atoms with Crippen molar-refractivity contribution in [2.75, 3.05) is 6.61 Å². The van der Waals surface area contributed by atoms with E-state index < -0.39 is 5.69 Å². The van der Waals surface area contributed by atoms with Gasteiger partial charge in [-0.05, 0) is 31.9 Å². The summed E-state index contributed by atoms with van der Waals surface area (Å²) >= 11 is 0. The maximum atomic E-state index is 12.2. The quantitative estimate of drug-likeness (QED) is 0.785. The standard InChI is InChI=1S/C13H16N2O3/c1-9-4-5-11-10(8-9)12(17)15(13(18)14-11)6-2-3-7-16/h4-5,8,16H,2-3,6-7H2,1H3,(H,14,18). The van der Waals surface area contributed by atoms with E-state index in [1.165, 1.54) is 4.57 Å². The van der Waals surface area contributed by atoms with Crippen LogP contribution < -0.4 is 11.2 Å². The molecule has 2 rings (SSSR count). The number of aryl methyl sites for hydroxylation is 1. The van der Waals surface area contributed by atoms with Crippen molar-refractivity contribution in [3.8, 4) is 0 Å². The van der Waals surface area contributed by atoms with Crippen LogP contribution in [0.5, 0.6) is 0 Å². The minimum absolute atomic E-state index is 0.0688. The van der Waals surface area contributed by atoms with E-state index in [1.54, 1.807) is 12.1 Å². The summed E-state index contributed by atoms with van der Waals surface area (Å²) in [6.45, 7) is 2.30. The number of rotatable bonds is 4. The first-order valence-corrected chi connectivity index (χ1v) is 5.98. The number of hydrogen-bond donors (Lipinski definition) is 2. The predicted molar refractivity (Wildman–Crippen MR) is 69.9 cm³/mol. The summed E-state index contributed by atoms with van der Waals surface area (Å²) in [5, 5.41) is 9.24. The molecule has 2 aromatic rings. The lowest BCUT2D eigenvalue weighted by Crippen LogP contribution is -2.35. The third-order valence-electron chi connectivity index (χ3n) is 2.93. The van der Waals surface area contributed by atoms with Crippen LogP contribution in [0.3, 0.4) is 0 Å². The Morgan fingerprint density at radius 3 is 2.78 bits per heavy atom. The summed E-state index contributed by atoms with van der Waals surface area (Å²) in [6.07, 6.45) is 1.19. The molecule has 0 fully saturated rings. The van der Waals surface area contributed by atoms with Crippen molar-refractivity contribution in [3.63, 3.8) is 0 Å². The second-order valence-corrected chi connectivity index (χ2v) is 4.37. The van der Waals surface area contributed by atoms with E-state index in [1.807, 2.05) is 13.0 Å². The first-order chi connectivity index (χ1) is 8.63. The van der Waals surface area contributed by atoms with Crippen LogP contribution in [-0.4, -0.2) is 21.3 Å². The fraction of sp³-hybridized carbons (Fsp3) is 0.385. The monoisotopic (exact) mass is 248 g/mol. The highest BCUT2D eigenvalue weighted by atomic mass is 16.3. The molecule has 0 aliphatic rings. The Morgan fingerprint density at radius 2 is 2.06 bits per heavy atom. The lowest BCUT2D eigenvalue weighted by atomic mass is 10.2. The van der Waals surface area contributed by atoms with Crippen molar-refractivity contribution in [2.24, 2.45) is 0 Å². The van der Waals surface area contributed by atoms with Crippen LogP contribution in [0.2, 0.25) is 0 Å². The second kappa shape index (κ2) is 5.18. The Labute approximate surface area is 104 Å². The molecule has 5 nitrogen and oxygen atoms in total. The SMILES string of the molecule is Cc1ccc2[nH]c(=O)n(CCCCO)c(=O)c2c1. The van der Waals surface area contributed by atoms with Crippen LogP contribution in [0.25, 0.3) is 10.9 Å². The van der Waals surface area contributed by atoms with Gasteiger partial charge in [0.05, 0.1) is 10.9 Å². The summed E-state index contributed by atoms with van der Waals surface area (Å²) in [5.74, 6) is 0. The average molecular weight is 248 g/mol. The molecular formula is C13H16N2O3. The van der Waals surface area contributed by atoms with Crippen LogP contribution in [-0.2, 0) is 6.54 Å². The van der Waals surface area contributed by atoms with Gasteiger partial charge >= 0.3 is 5.69 Å². The molecule has 96 valence electrons.